The summed E-state index contributed by atoms with van der Waals surface area (Å²) in [6, 6.07) is 14.2. The molecule has 0 bridgehead atoms. The number of likely N-dealkylation sites (tertiary alicyclic amines) is 1. The van der Waals surface area contributed by atoms with E-state index in [0.29, 0.717) is 28.3 Å². The molecule has 2 aromatic rings. The minimum absolute atomic E-state index is 0.0905. The number of rotatable bonds is 4. The van der Waals surface area contributed by atoms with Crippen LogP contribution < -0.4 is 5.32 Å². The van der Waals surface area contributed by atoms with Gasteiger partial charge in [-0.15, -0.1) is 0 Å². The standard InChI is InChI=1S/C19H20Cl2N2O/c1-13-9-10-15(20)19(18(13)21)22-17(24)12-23-11-5-8-16(23)14-6-3-2-4-7-14/h2-4,6-7,9-10,16H,5,8,11-12H2,1H3,(H,22,24)/t16-/m0/s1. The first-order valence-electron chi connectivity index (χ1n) is 8.09. The maximum absolute atomic E-state index is 12.5. The van der Waals surface area contributed by atoms with E-state index in [1.165, 1.54) is 5.56 Å². The van der Waals surface area contributed by atoms with Crippen molar-refractivity contribution in [3.63, 3.8) is 0 Å². The summed E-state index contributed by atoms with van der Waals surface area (Å²) in [6.45, 7) is 3.14. The highest BCUT2D eigenvalue weighted by Crippen LogP contribution is 2.34. The van der Waals surface area contributed by atoms with Crippen molar-refractivity contribution >= 4 is 34.8 Å². The average Bonchev–Trinajstić information content (AvgIpc) is 3.04. The van der Waals surface area contributed by atoms with Crippen LogP contribution in [0.2, 0.25) is 10.0 Å². The number of anilines is 1. The van der Waals surface area contributed by atoms with Crippen molar-refractivity contribution in [2.75, 3.05) is 18.4 Å². The van der Waals surface area contributed by atoms with Crippen LogP contribution in [0.5, 0.6) is 0 Å². The number of amides is 1. The van der Waals surface area contributed by atoms with Gasteiger partial charge in [-0.05, 0) is 43.5 Å². The van der Waals surface area contributed by atoms with Gasteiger partial charge in [-0.25, -0.2) is 0 Å². The Morgan fingerprint density at radius 2 is 1.96 bits per heavy atom. The Bertz CT molecular complexity index is 734. The summed E-state index contributed by atoms with van der Waals surface area (Å²) >= 11 is 12.4. The number of carbonyl (C=O) groups excluding carboxylic acids is 1. The van der Waals surface area contributed by atoms with Crippen LogP contribution in [-0.2, 0) is 4.79 Å². The predicted molar refractivity (Wildman–Crippen MR) is 99.8 cm³/mol. The molecule has 0 aromatic heterocycles. The van der Waals surface area contributed by atoms with E-state index >= 15 is 0 Å². The molecule has 5 heteroatoms. The number of hydrogen-bond acceptors (Lipinski definition) is 2. The number of halogens is 2. The van der Waals surface area contributed by atoms with E-state index < -0.39 is 0 Å². The Morgan fingerprint density at radius 1 is 1.21 bits per heavy atom. The maximum atomic E-state index is 12.5. The van der Waals surface area contributed by atoms with Crippen LogP contribution in [-0.4, -0.2) is 23.9 Å². The third-order valence-corrected chi connectivity index (χ3v) is 5.25. The fourth-order valence-corrected chi connectivity index (χ4v) is 3.67. The number of benzene rings is 2. The van der Waals surface area contributed by atoms with Crippen LogP contribution in [0.25, 0.3) is 0 Å². The monoisotopic (exact) mass is 362 g/mol. The van der Waals surface area contributed by atoms with E-state index in [0.717, 1.165) is 24.9 Å². The zero-order chi connectivity index (χ0) is 17.1. The Morgan fingerprint density at radius 3 is 2.71 bits per heavy atom. The highest BCUT2D eigenvalue weighted by Gasteiger charge is 2.27. The van der Waals surface area contributed by atoms with Gasteiger partial charge in [0.05, 0.1) is 22.3 Å². The van der Waals surface area contributed by atoms with Gasteiger partial charge in [-0.3, -0.25) is 9.69 Å². The normalized spacial score (nSPS) is 17.9. The SMILES string of the molecule is Cc1ccc(Cl)c(NC(=O)CN2CCC[C@H]2c2ccccc2)c1Cl. The van der Waals surface area contributed by atoms with Gasteiger partial charge in [-0.2, -0.15) is 0 Å². The molecular weight excluding hydrogens is 343 g/mol. The summed E-state index contributed by atoms with van der Waals surface area (Å²) in [5.74, 6) is -0.0905. The van der Waals surface area contributed by atoms with E-state index in [9.17, 15) is 4.79 Å². The van der Waals surface area contributed by atoms with Crippen LogP contribution in [0.3, 0.4) is 0 Å². The van der Waals surface area contributed by atoms with Crippen molar-refractivity contribution in [2.45, 2.75) is 25.8 Å². The lowest BCUT2D eigenvalue weighted by molar-refractivity contribution is -0.117. The largest absolute Gasteiger partial charge is 0.322 e. The second-order valence-corrected chi connectivity index (χ2v) is 6.93. The zero-order valence-electron chi connectivity index (χ0n) is 13.6. The Hall–Kier alpha value is -1.55. The Kier molecular flexibility index (Phi) is 5.44. The molecule has 1 atom stereocenters. The average molecular weight is 363 g/mol. The molecule has 1 amide bonds. The third kappa shape index (κ3) is 3.75. The van der Waals surface area contributed by atoms with Gasteiger partial charge in [0.2, 0.25) is 5.91 Å². The van der Waals surface area contributed by atoms with Gasteiger partial charge in [0, 0.05) is 6.04 Å². The van der Waals surface area contributed by atoms with E-state index in [1.807, 2.05) is 31.2 Å². The predicted octanol–water partition coefficient (Wildman–Crippen LogP) is 5.08. The molecule has 2 aromatic carbocycles. The van der Waals surface area contributed by atoms with Gasteiger partial charge >= 0.3 is 0 Å². The minimum Gasteiger partial charge on any atom is -0.322 e. The van der Waals surface area contributed by atoms with Crippen molar-refractivity contribution in [3.8, 4) is 0 Å². The van der Waals surface area contributed by atoms with Crippen LogP contribution in [0.4, 0.5) is 5.69 Å². The van der Waals surface area contributed by atoms with Gasteiger partial charge in [0.15, 0.2) is 0 Å². The van der Waals surface area contributed by atoms with E-state index in [-0.39, 0.29) is 5.91 Å². The minimum atomic E-state index is -0.0905. The lowest BCUT2D eigenvalue weighted by Gasteiger charge is -2.24. The molecule has 1 aliphatic heterocycles. The van der Waals surface area contributed by atoms with E-state index in [1.54, 1.807) is 6.07 Å². The summed E-state index contributed by atoms with van der Waals surface area (Å²) < 4.78 is 0. The molecule has 0 unspecified atom stereocenters. The molecule has 1 heterocycles. The second kappa shape index (κ2) is 7.56. The summed E-state index contributed by atoms with van der Waals surface area (Å²) in [7, 11) is 0. The molecule has 1 fully saturated rings. The van der Waals surface area contributed by atoms with Crippen LogP contribution >= 0.6 is 23.2 Å². The van der Waals surface area contributed by atoms with Crippen LogP contribution in [0.1, 0.15) is 30.0 Å². The molecule has 0 saturated carbocycles. The zero-order valence-corrected chi connectivity index (χ0v) is 15.1. The van der Waals surface area contributed by atoms with Crippen LogP contribution in [0.15, 0.2) is 42.5 Å². The maximum Gasteiger partial charge on any atom is 0.238 e. The first-order chi connectivity index (χ1) is 11.6. The lowest BCUT2D eigenvalue weighted by Crippen LogP contribution is -2.33. The first kappa shape index (κ1) is 17.3. The molecule has 0 spiro atoms. The number of aryl methyl sites for hydroxylation is 1. The van der Waals surface area contributed by atoms with Gasteiger partial charge in [0.25, 0.3) is 0 Å². The second-order valence-electron chi connectivity index (χ2n) is 6.14. The van der Waals surface area contributed by atoms with Gasteiger partial charge in [0.1, 0.15) is 0 Å². The number of carbonyl (C=O) groups is 1. The topological polar surface area (TPSA) is 32.3 Å². The van der Waals surface area contributed by atoms with Crippen molar-refractivity contribution in [2.24, 2.45) is 0 Å². The summed E-state index contributed by atoms with van der Waals surface area (Å²) in [4.78, 5) is 14.7. The molecular formula is C19H20Cl2N2O. The van der Waals surface area contributed by atoms with Crippen molar-refractivity contribution in [1.29, 1.82) is 0 Å². The Labute approximate surface area is 152 Å². The number of nitrogens with zero attached hydrogens (tertiary/aromatic N) is 1. The molecule has 0 radical (unpaired) electrons. The summed E-state index contributed by atoms with van der Waals surface area (Å²) in [5, 5.41) is 3.83. The highest BCUT2D eigenvalue weighted by atomic mass is 35.5. The highest BCUT2D eigenvalue weighted by molar-refractivity contribution is 6.40. The first-order valence-corrected chi connectivity index (χ1v) is 8.85. The summed E-state index contributed by atoms with van der Waals surface area (Å²) in [6.07, 6.45) is 2.17. The van der Waals surface area contributed by atoms with Crippen molar-refractivity contribution in [1.82, 2.24) is 4.90 Å². The fourth-order valence-electron chi connectivity index (χ4n) is 3.20. The smallest absolute Gasteiger partial charge is 0.238 e. The molecule has 3 nitrogen and oxygen atoms in total. The molecule has 24 heavy (non-hydrogen) atoms. The number of hydrogen-bond donors (Lipinski definition) is 1. The van der Waals surface area contributed by atoms with Gasteiger partial charge in [-0.1, -0.05) is 59.6 Å². The quantitative estimate of drug-likeness (QED) is 0.822. The molecule has 0 aliphatic carbocycles. The molecule has 1 N–H and O–H groups in total. The van der Waals surface area contributed by atoms with E-state index in [2.05, 4.69) is 22.3 Å². The molecule has 1 saturated heterocycles. The van der Waals surface area contributed by atoms with E-state index in [4.69, 9.17) is 23.2 Å². The lowest BCUT2D eigenvalue weighted by atomic mass is 10.0. The van der Waals surface area contributed by atoms with Gasteiger partial charge < -0.3 is 5.32 Å². The van der Waals surface area contributed by atoms with Crippen LogP contribution in [0, 0.1) is 6.92 Å². The molecule has 126 valence electrons. The molecule has 3 rings (SSSR count). The number of nitrogens with one attached hydrogen (secondary N) is 1. The van der Waals surface area contributed by atoms with Crippen molar-refractivity contribution in [3.05, 3.63) is 63.6 Å². The Balaban J connectivity index is 1.70. The molecule has 1 aliphatic rings. The van der Waals surface area contributed by atoms with Crippen molar-refractivity contribution < 1.29 is 4.79 Å². The fraction of sp³-hybridized carbons (Fsp3) is 0.316. The summed E-state index contributed by atoms with van der Waals surface area (Å²) in [5.41, 5.74) is 2.65. The third-order valence-electron chi connectivity index (χ3n) is 4.44.